The Hall–Kier alpha value is -3.76. The number of aliphatic hydroxyl groups excluding tert-OH is 1. The van der Waals surface area contributed by atoms with Crippen molar-refractivity contribution >= 4 is 11.5 Å². The normalized spacial score (nSPS) is 20.7. The number of rotatable bonds is 8. The van der Waals surface area contributed by atoms with Crippen LogP contribution in [-0.4, -0.2) is 45.7 Å². The zero-order valence-electron chi connectivity index (χ0n) is 19.2. The van der Waals surface area contributed by atoms with Crippen molar-refractivity contribution in [2.45, 2.75) is 25.1 Å². The first-order chi connectivity index (χ1) is 17.1. The van der Waals surface area contributed by atoms with Gasteiger partial charge in [0.1, 0.15) is 0 Å². The molecule has 0 fully saturated rings. The number of alkyl halides is 3. The average molecular weight is 499 g/mol. The van der Waals surface area contributed by atoms with Crippen LogP contribution in [-0.2, 0) is 4.79 Å². The Balaban J connectivity index is 1.59. The first-order valence-electron chi connectivity index (χ1n) is 11.2. The second-order valence-electron chi connectivity index (χ2n) is 8.68. The van der Waals surface area contributed by atoms with E-state index in [2.05, 4.69) is 15.5 Å². The van der Waals surface area contributed by atoms with Crippen molar-refractivity contribution in [1.82, 2.24) is 15.5 Å². The van der Waals surface area contributed by atoms with Crippen molar-refractivity contribution in [3.05, 3.63) is 89.8 Å². The third-order valence-corrected chi connectivity index (χ3v) is 6.27. The van der Waals surface area contributed by atoms with Crippen LogP contribution in [0.1, 0.15) is 35.9 Å². The van der Waals surface area contributed by atoms with Crippen LogP contribution in [0.2, 0.25) is 0 Å². The number of nitrogens with zero attached hydrogens (tertiary/aromatic N) is 2. The van der Waals surface area contributed by atoms with Gasteiger partial charge in [0.05, 0.1) is 24.6 Å². The molecule has 0 bridgehead atoms. The number of hydrogen-bond donors (Lipinski definition) is 3. The molecule has 3 aromatic rings. The molecular formula is C26H24F3N3O4. The standard InChI is InChI=1S/C26H24F3N3O4/c1-25(26(27,28)29)13-19(11-12-20(25)16-5-3-2-4-6-16)24-31-23(32-36-24)18-9-7-17(8-10-18)21(15-33)30-14-22(34)35/h2-13,20-21,30,33H,14-15H2,1H3,(H,34,35). The Morgan fingerprint density at radius 1 is 1.17 bits per heavy atom. The molecule has 0 radical (unpaired) electrons. The fourth-order valence-electron chi connectivity index (χ4n) is 4.19. The number of aromatic nitrogens is 2. The van der Waals surface area contributed by atoms with Crippen molar-refractivity contribution in [3.63, 3.8) is 0 Å². The lowest BCUT2D eigenvalue weighted by atomic mass is 9.69. The first kappa shape index (κ1) is 25.3. The van der Waals surface area contributed by atoms with E-state index in [1.54, 1.807) is 60.7 Å². The van der Waals surface area contributed by atoms with Gasteiger partial charge < -0.3 is 14.7 Å². The highest BCUT2D eigenvalue weighted by Gasteiger charge is 2.55. The summed E-state index contributed by atoms with van der Waals surface area (Å²) in [5, 5.41) is 25.0. The van der Waals surface area contributed by atoms with Crippen LogP contribution >= 0.6 is 0 Å². The monoisotopic (exact) mass is 499 g/mol. The van der Waals surface area contributed by atoms with Gasteiger partial charge in [0.2, 0.25) is 5.82 Å². The van der Waals surface area contributed by atoms with Gasteiger partial charge in [0, 0.05) is 17.1 Å². The molecule has 1 aliphatic rings. The van der Waals surface area contributed by atoms with Gasteiger partial charge in [-0.05, 0) is 18.1 Å². The van der Waals surface area contributed by atoms with Crippen LogP contribution in [0.5, 0.6) is 0 Å². The third kappa shape index (κ3) is 5.09. The van der Waals surface area contributed by atoms with Crippen LogP contribution in [0.3, 0.4) is 0 Å². The second kappa shape index (κ2) is 10.1. The molecule has 1 heterocycles. The van der Waals surface area contributed by atoms with E-state index < -0.39 is 29.5 Å². The average Bonchev–Trinajstić information content (AvgIpc) is 3.35. The Morgan fingerprint density at radius 3 is 2.47 bits per heavy atom. The van der Waals surface area contributed by atoms with Crippen molar-refractivity contribution in [3.8, 4) is 11.4 Å². The number of carboxylic acid groups (broad SMARTS) is 1. The molecule has 3 N–H and O–H groups in total. The lowest BCUT2D eigenvalue weighted by molar-refractivity contribution is -0.204. The first-order valence-corrected chi connectivity index (χ1v) is 11.2. The van der Waals surface area contributed by atoms with E-state index in [0.29, 0.717) is 16.7 Å². The predicted molar refractivity (Wildman–Crippen MR) is 126 cm³/mol. The molecule has 3 atom stereocenters. The largest absolute Gasteiger partial charge is 0.480 e. The van der Waals surface area contributed by atoms with Crippen molar-refractivity contribution in [1.29, 1.82) is 0 Å². The Bertz CT molecular complexity index is 1270. The van der Waals surface area contributed by atoms with Crippen LogP contribution in [0.15, 0.2) is 77.3 Å². The zero-order valence-corrected chi connectivity index (χ0v) is 19.2. The highest BCUT2D eigenvalue weighted by Crippen LogP contribution is 2.53. The van der Waals surface area contributed by atoms with Gasteiger partial charge in [-0.15, -0.1) is 0 Å². The summed E-state index contributed by atoms with van der Waals surface area (Å²) in [5.74, 6) is -1.81. The zero-order chi connectivity index (χ0) is 25.9. The molecule has 7 nitrogen and oxygen atoms in total. The molecule has 1 aromatic heterocycles. The molecule has 10 heteroatoms. The van der Waals surface area contributed by atoms with Crippen LogP contribution in [0, 0.1) is 5.41 Å². The Morgan fingerprint density at radius 2 is 1.86 bits per heavy atom. The SMILES string of the molecule is CC1(C(F)(F)F)C=C(c2nc(-c3ccc(C(CO)NCC(=O)O)cc3)no2)C=CC1c1ccccc1. The molecule has 4 rings (SSSR count). The van der Waals surface area contributed by atoms with E-state index in [-0.39, 0.29) is 30.4 Å². The van der Waals surface area contributed by atoms with Gasteiger partial charge in [-0.3, -0.25) is 10.1 Å². The molecule has 0 amide bonds. The number of hydrogen-bond acceptors (Lipinski definition) is 6. The van der Waals surface area contributed by atoms with Gasteiger partial charge in [0.25, 0.3) is 5.89 Å². The molecular weight excluding hydrogens is 475 g/mol. The maximum atomic E-state index is 14.3. The molecule has 0 spiro atoms. The summed E-state index contributed by atoms with van der Waals surface area (Å²) in [6, 6.07) is 14.6. The van der Waals surface area contributed by atoms with Crippen LogP contribution in [0.25, 0.3) is 17.0 Å². The molecule has 2 aromatic carbocycles. The summed E-state index contributed by atoms with van der Waals surface area (Å²) in [4.78, 5) is 15.1. The van der Waals surface area contributed by atoms with Gasteiger partial charge in [-0.1, -0.05) is 78.0 Å². The van der Waals surface area contributed by atoms with Gasteiger partial charge in [-0.25, -0.2) is 0 Å². The molecule has 1 aliphatic carbocycles. The Kier molecular flexibility index (Phi) is 7.09. The van der Waals surface area contributed by atoms with Gasteiger partial charge >= 0.3 is 12.1 Å². The third-order valence-electron chi connectivity index (χ3n) is 6.27. The highest BCUT2D eigenvalue weighted by atomic mass is 19.4. The van der Waals surface area contributed by atoms with E-state index >= 15 is 0 Å². The van der Waals surface area contributed by atoms with Crippen molar-refractivity contribution < 1.29 is 32.7 Å². The quantitative estimate of drug-likeness (QED) is 0.411. The summed E-state index contributed by atoms with van der Waals surface area (Å²) < 4.78 is 48.1. The predicted octanol–water partition coefficient (Wildman–Crippen LogP) is 4.75. The fraction of sp³-hybridized carbons (Fsp3) is 0.269. The minimum absolute atomic E-state index is 0.0383. The van der Waals surface area contributed by atoms with Crippen LogP contribution < -0.4 is 5.32 Å². The fourth-order valence-corrected chi connectivity index (χ4v) is 4.19. The number of carbonyl (C=O) groups is 1. The number of benzene rings is 2. The van der Waals surface area contributed by atoms with E-state index in [0.717, 1.165) is 13.0 Å². The molecule has 0 saturated carbocycles. The van der Waals surface area contributed by atoms with Crippen molar-refractivity contribution in [2.24, 2.45) is 5.41 Å². The summed E-state index contributed by atoms with van der Waals surface area (Å²) >= 11 is 0. The maximum absolute atomic E-state index is 14.3. The molecule has 0 aliphatic heterocycles. The maximum Gasteiger partial charge on any atom is 0.398 e. The summed E-state index contributed by atoms with van der Waals surface area (Å²) in [7, 11) is 0. The van der Waals surface area contributed by atoms with E-state index in [4.69, 9.17) is 9.63 Å². The number of carboxylic acids is 1. The lowest BCUT2D eigenvalue weighted by Crippen LogP contribution is -2.39. The van der Waals surface area contributed by atoms with Crippen molar-refractivity contribution in [2.75, 3.05) is 13.2 Å². The number of allylic oxidation sites excluding steroid dienone is 4. The smallest absolute Gasteiger partial charge is 0.398 e. The van der Waals surface area contributed by atoms with Gasteiger partial charge in [-0.2, -0.15) is 18.2 Å². The van der Waals surface area contributed by atoms with E-state index in [9.17, 15) is 23.1 Å². The summed E-state index contributed by atoms with van der Waals surface area (Å²) in [6.45, 7) is 0.535. The summed E-state index contributed by atoms with van der Waals surface area (Å²) in [5.41, 5.74) is -0.261. The number of halogens is 3. The molecule has 36 heavy (non-hydrogen) atoms. The number of nitrogens with one attached hydrogen (secondary N) is 1. The lowest BCUT2D eigenvalue weighted by Gasteiger charge is -2.38. The summed E-state index contributed by atoms with van der Waals surface area (Å²) in [6.07, 6.45) is -0.327. The second-order valence-corrected chi connectivity index (χ2v) is 8.68. The highest BCUT2D eigenvalue weighted by molar-refractivity contribution is 5.73. The van der Waals surface area contributed by atoms with E-state index in [1.807, 2.05) is 0 Å². The topological polar surface area (TPSA) is 108 Å². The number of aliphatic carboxylic acids is 1. The minimum Gasteiger partial charge on any atom is -0.480 e. The van der Waals surface area contributed by atoms with Gasteiger partial charge in [0.15, 0.2) is 0 Å². The Labute approximate surface area is 205 Å². The molecule has 3 unspecified atom stereocenters. The molecule has 188 valence electrons. The number of aliphatic hydroxyl groups is 1. The van der Waals surface area contributed by atoms with Crippen LogP contribution in [0.4, 0.5) is 13.2 Å². The minimum atomic E-state index is -4.53. The molecule has 0 saturated heterocycles. The van der Waals surface area contributed by atoms with E-state index in [1.165, 1.54) is 6.08 Å².